The minimum atomic E-state index is 0.104. The van der Waals surface area contributed by atoms with Crippen LogP contribution in [-0.4, -0.2) is 24.7 Å². The van der Waals surface area contributed by atoms with Gasteiger partial charge in [-0.1, -0.05) is 6.07 Å². The average molecular weight is 192 g/mol. The molecule has 2 rings (SSSR count). The second-order valence-corrected chi connectivity index (χ2v) is 3.94. The first-order valence-electron chi connectivity index (χ1n) is 4.92. The fourth-order valence-electron chi connectivity index (χ4n) is 1.95. The molecule has 3 nitrogen and oxygen atoms in total. The number of benzene rings is 1. The SMILES string of the molecule is CC1CN(C)c2ccc(CO)cc2N1. The Morgan fingerprint density at radius 3 is 3.07 bits per heavy atom. The third kappa shape index (κ3) is 1.55. The lowest BCUT2D eigenvalue weighted by Crippen LogP contribution is -2.37. The summed E-state index contributed by atoms with van der Waals surface area (Å²) in [4.78, 5) is 2.23. The molecule has 3 heteroatoms. The molecule has 1 atom stereocenters. The van der Waals surface area contributed by atoms with Crippen LogP contribution in [0, 0.1) is 0 Å². The van der Waals surface area contributed by atoms with Crippen molar-refractivity contribution in [3.05, 3.63) is 23.8 Å². The molecule has 1 aliphatic rings. The Hall–Kier alpha value is -1.22. The van der Waals surface area contributed by atoms with Crippen LogP contribution < -0.4 is 10.2 Å². The monoisotopic (exact) mass is 192 g/mol. The van der Waals surface area contributed by atoms with Crippen molar-refractivity contribution in [1.29, 1.82) is 0 Å². The van der Waals surface area contributed by atoms with Crippen LogP contribution in [0.1, 0.15) is 12.5 Å². The molecule has 1 aromatic carbocycles. The molecule has 0 aromatic heterocycles. The van der Waals surface area contributed by atoms with E-state index >= 15 is 0 Å². The molecule has 0 fully saturated rings. The van der Waals surface area contributed by atoms with Crippen molar-refractivity contribution in [2.45, 2.75) is 19.6 Å². The van der Waals surface area contributed by atoms with E-state index in [0.29, 0.717) is 6.04 Å². The third-order valence-electron chi connectivity index (χ3n) is 2.60. The van der Waals surface area contributed by atoms with E-state index in [1.54, 1.807) is 0 Å². The van der Waals surface area contributed by atoms with Crippen LogP contribution in [-0.2, 0) is 6.61 Å². The first kappa shape index (κ1) is 9.34. The number of aliphatic hydroxyl groups excluding tert-OH is 1. The zero-order chi connectivity index (χ0) is 10.1. The van der Waals surface area contributed by atoms with E-state index in [-0.39, 0.29) is 6.61 Å². The van der Waals surface area contributed by atoms with Gasteiger partial charge in [-0.15, -0.1) is 0 Å². The first-order chi connectivity index (χ1) is 6.70. The summed E-state index contributed by atoms with van der Waals surface area (Å²) in [5.41, 5.74) is 3.29. The summed E-state index contributed by atoms with van der Waals surface area (Å²) in [5, 5.41) is 12.4. The highest BCUT2D eigenvalue weighted by atomic mass is 16.3. The summed E-state index contributed by atoms with van der Waals surface area (Å²) in [5.74, 6) is 0. The highest BCUT2D eigenvalue weighted by Crippen LogP contribution is 2.30. The predicted molar refractivity (Wildman–Crippen MR) is 58.7 cm³/mol. The van der Waals surface area contributed by atoms with Crippen LogP contribution in [0.25, 0.3) is 0 Å². The van der Waals surface area contributed by atoms with Gasteiger partial charge in [-0.2, -0.15) is 0 Å². The Kier molecular flexibility index (Phi) is 2.33. The molecule has 0 saturated heterocycles. The number of hydrogen-bond acceptors (Lipinski definition) is 3. The Morgan fingerprint density at radius 1 is 1.57 bits per heavy atom. The topological polar surface area (TPSA) is 35.5 Å². The van der Waals surface area contributed by atoms with Gasteiger partial charge in [-0.05, 0) is 24.6 Å². The molecule has 2 N–H and O–H groups in total. The minimum absolute atomic E-state index is 0.104. The van der Waals surface area contributed by atoms with E-state index in [0.717, 1.165) is 17.8 Å². The van der Waals surface area contributed by atoms with Gasteiger partial charge in [0.15, 0.2) is 0 Å². The third-order valence-corrected chi connectivity index (χ3v) is 2.60. The maximum Gasteiger partial charge on any atom is 0.0682 e. The first-order valence-corrected chi connectivity index (χ1v) is 4.92. The van der Waals surface area contributed by atoms with Gasteiger partial charge in [0.2, 0.25) is 0 Å². The molecule has 1 aliphatic heterocycles. The highest BCUT2D eigenvalue weighted by molar-refractivity contribution is 5.73. The predicted octanol–water partition coefficient (Wildman–Crippen LogP) is 1.43. The Morgan fingerprint density at radius 2 is 2.36 bits per heavy atom. The van der Waals surface area contributed by atoms with Crippen LogP contribution in [0.4, 0.5) is 11.4 Å². The molecule has 0 saturated carbocycles. The fraction of sp³-hybridized carbons (Fsp3) is 0.455. The van der Waals surface area contributed by atoms with Crippen LogP contribution in [0.2, 0.25) is 0 Å². The number of anilines is 2. The quantitative estimate of drug-likeness (QED) is 0.706. The second-order valence-electron chi connectivity index (χ2n) is 3.94. The molecular formula is C11H16N2O. The van der Waals surface area contributed by atoms with E-state index in [2.05, 4.69) is 30.3 Å². The number of nitrogens with one attached hydrogen (secondary N) is 1. The van der Waals surface area contributed by atoms with Crippen molar-refractivity contribution < 1.29 is 5.11 Å². The number of aliphatic hydroxyl groups is 1. The van der Waals surface area contributed by atoms with Gasteiger partial charge in [0.1, 0.15) is 0 Å². The molecular weight excluding hydrogens is 176 g/mol. The molecule has 76 valence electrons. The van der Waals surface area contributed by atoms with Gasteiger partial charge in [-0.3, -0.25) is 0 Å². The van der Waals surface area contributed by atoms with Crippen molar-refractivity contribution in [2.24, 2.45) is 0 Å². The standard InChI is InChI=1S/C11H16N2O/c1-8-6-13(2)11-4-3-9(7-14)5-10(11)12-8/h3-5,8,12,14H,6-7H2,1-2H3. The average Bonchev–Trinajstić information content (AvgIpc) is 2.16. The molecule has 0 radical (unpaired) electrons. The molecule has 1 unspecified atom stereocenters. The zero-order valence-electron chi connectivity index (χ0n) is 8.62. The summed E-state index contributed by atoms with van der Waals surface area (Å²) in [6.45, 7) is 3.28. The van der Waals surface area contributed by atoms with E-state index in [1.165, 1.54) is 5.69 Å². The summed E-state index contributed by atoms with van der Waals surface area (Å²) in [7, 11) is 2.09. The lowest BCUT2D eigenvalue weighted by molar-refractivity contribution is 0.282. The van der Waals surface area contributed by atoms with E-state index in [9.17, 15) is 0 Å². The molecule has 1 aromatic rings. The second kappa shape index (κ2) is 3.50. The van der Waals surface area contributed by atoms with E-state index < -0.39 is 0 Å². The van der Waals surface area contributed by atoms with Crippen molar-refractivity contribution in [3.63, 3.8) is 0 Å². The highest BCUT2D eigenvalue weighted by Gasteiger charge is 2.17. The lowest BCUT2D eigenvalue weighted by atomic mass is 10.1. The summed E-state index contributed by atoms with van der Waals surface area (Å²) in [6, 6.07) is 6.50. The van der Waals surface area contributed by atoms with Gasteiger partial charge in [-0.25, -0.2) is 0 Å². The number of likely N-dealkylation sites (N-methyl/N-ethyl adjacent to an activating group) is 1. The molecule has 0 spiro atoms. The van der Waals surface area contributed by atoms with Crippen LogP contribution in [0.3, 0.4) is 0 Å². The Labute approximate surface area is 84.4 Å². The van der Waals surface area contributed by atoms with Crippen LogP contribution >= 0.6 is 0 Å². The van der Waals surface area contributed by atoms with Crippen molar-refractivity contribution in [2.75, 3.05) is 23.8 Å². The fourth-order valence-corrected chi connectivity index (χ4v) is 1.95. The van der Waals surface area contributed by atoms with Gasteiger partial charge in [0.05, 0.1) is 18.0 Å². The molecule has 14 heavy (non-hydrogen) atoms. The van der Waals surface area contributed by atoms with Gasteiger partial charge >= 0.3 is 0 Å². The number of fused-ring (bicyclic) bond motifs is 1. The zero-order valence-corrected chi connectivity index (χ0v) is 8.62. The number of hydrogen-bond donors (Lipinski definition) is 2. The largest absolute Gasteiger partial charge is 0.392 e. The molecule has 0 aliphatic carbocycles. The minimum Gasteiger partial charge on any atom is -0.392 e. The molecule has 0 amide bonds. The molecule has 1 heterocycles. The summed E-state index contributed by atoms with van der Waals surface area (Å²) in [6.07, 6.45) is 0. The van der Waals surface area contributed by atoms with E-state index in [1.807, 2.05) is 12.1 Å². The maximum atomic E-state index is 9.03. The lowest BCUT2D eigenvalue weighted by Gasteiger charge is -2.33. The smallest absolute Gasteiger partial charge is 0.0682 e. The summed E-state index contributed by atoms with van der Waals surface area (Å²) >= 11 is 0. The van der Waals surface area contributed by atoms with Gasteiger partial charge < -0.3 is 15.3 Å². The Balaban J connectivity index is 2.39. The number of nitrogens with zero attached hydrogens (tertiary/aromatic N) is 1. The van der Waals surface area contributed by atoms with Crippen molar-refractivity contribution >= 4 is 11.4 Å². The normalized spacial score (nSPS) is 20.2. The van der Waals surface area contributed by atoms with Crippen LogP contribution in [0.5, 0.6) is 0 Å². The van der Waals surface area contributed by atoms with Gasteiger partial charge in [0, 0.05) is 19.6 Å². The van der Waals surface area contributed by atoms with Gasteiger partial charge in [0.25, 0.3) is 0 Å². The van der Waals surface area contributed by atoms with Crippen molar-refractivity contribution in [3.8, 4) is 0 Å². The summed E-state index contributed by atoms with van der Waals surface area (Å²) < 4.78 is 0. The van der Waals surface area contributed by atoms with Crippen LogP contribution in [0.15, 0.2) is 18.2 Å². The molecule has 0 bridgehead atoms. The van der Waals surface area contributed by atoms with E-state index in [4.69, 9.17) is 5.11 Å². The number of rotatable bonds is 1. The Bertz CT molecular complexity index is 338. The van der Waals surface area contributed by atoms with Crippen molar-refractivity contribution in [1.82, 2.24) is 0 Å². The maximum absolute atomic E-state index is 9.03.